The largest absolute Gasteiger partial charge is 0.340 e. The van der Waals surface area contributed by atoms with Gasteiger partial charge in [-0.2, -0.15) is 0 Å². The van der Waals surface area contributed by atoms with E-state index in [-0.39, 0.29) is 12.1 Å². The molecule has 0 spiro atoms. The third-order valence-corrected chi connectivity index (χ3v) is 7.12. The molecular weight excluding hydrogens is 450 g/mol. The second-order valence-electron chi connectivity index (χ2n) is 9.75. The molecule has 0 aliphatic carbocycles. The van der Waals surface area contributed by atoms with Crippen molar-refractivity contribution in [1.29, 1.82) is 0 Å². The van der Waals surface area contributed by atoms with Crippen molar-refractivity contribution >= 4 is 17.4 Å². The maximum Gasteiger partial charge on any atom is 0.324 e. The molecule has 6 rings (SSSR count). The van der Waals surface area contributed by atoms with E-state index in [1.807, 2.05) is 73.7 Å². The zero-order valence-electron chi connectivity index (χ0n) is 20.6. The lowest BCUT2D eigenvalue weighted by Crippen LogP contribution is -2.37. The average Bonchev–Trinajstić information content (AvgIpc) is 3.57. The minimum atomic E-state index is 0.0329. The Morgan fingerprint density at radius 2 is 1.92 bits per heavy atom. The van der Waals surface area contributed by atoms with Gasteiger partial charge in [0, 0.05) is 56.5 Å². The van der Waals surface area contributed by atoms with Crippen molar-refractivity contribution < 1.29 is 4.79 Å². The van der Waals surface area contributed by atoms with Crippen LogP contribution in [0.1, 0.15) is 5.56 Å². The van der Waals surface area contributed by atoms with Crippen molar-refractivity contribution in [1.82, 2.24) is 23.9 Å². The molecule has 2 aromatic carbocycles. The number of aromatic nitrogens is 3. The van der Waals surface area contributed by atoms with Gasteiger partial charge in [0.15, 0.2) is 11.5 Å². The number of urea groups is 1. The summed E-state index contributed by atoms with van der Waals surface area (Å²) in [6, 6.07) is 16.3. The maximum atomic E-state index is 13.1. The Bertz CT molecular complexity index is 1510. The molecule has 0 unspecified atom stereocenters. The maximum absolute atomic E-state index is 13.1. The molecule has 4 aromatic rings. The zero-order valence-corrected chi connectivity index (χ0v) is 20.6. The Morgan fingerprint density at radius 1 is 1.11 bits per heavy atom. The molecule has 2 aliphatic rings. The number of anilines is 1. The van der Waals surface area contributed by atoms with E-state index < -0.39 is 0 Å². The van der Waals surface area contributed by atoms with Crippen LogP contribution in [0.4, 0.5) is 16.2 Å². The highest BCUT2D eigenvalue weighted by Crippen LogP contribution is 2.36. The topological polar surface area (TPSA) is 53.9 Å². The predicted octanol–water partition coefficient (Wildman–Crippen LogP) is 4.72. The van der Waals surface area contributed by atoms with E-state index in [2.05, 4.69) is 48.3 Å². The van der Waals surface area contributed by atoms with Crippen molar-refractivity contribution in [3.05, 3.63) is 84.1 Å². The first kappa shape index (κ1) is 22.1. The van der Waals surface area contributed by atoms with Gasteiger partial charge in [0.2, 0.25) is 0 Å². The zero-order chi connectivity index (χ0) is 25.0. The van der Waals surface area contributed by atoms with Gasteiger partial charge in [-0.05, 0) is 49.5 Å². The fourth-order valence-electron chi connectivity index (χ4n) is 5.26. The summed E-state index contributed by atoms with van der Waals surface area (Å²) < 4.78 is 4.34. The van der Waals surface area contributed by atoms with Crippen LogP contribution in [-0.4, -0.2) is 70.2 Å². The Balaban J connectivity index is 1.39. The number of rotatable bonds is 4. The fourth-order valence-corrected chi connectivity index (χ4v) is 5.26. The molecule has 180 valence electrons. The standard InChI is InChI=1S/C28H27N7O/c1-29-22-7-5-19(6-8-22)20-14-26-27-30-11-12-34(27)25-10-9-23(13-21(25)16-33(26)15-20)35-18-24(17-31(2)3)32(4)28(35)36/h5-15,24H,16-18H2,2-4H3/t24-/m1/s1. The van der Waals surface area contributed by atoms with Gasteiger partial charge in [-0.25, -0.2) is 14.6 Å². The molecule has 0 N–H and O–H groups in total. The van der Waals surface area contributed by atoms with Crippen LogP contribution in [0.2, 0.25) is 0 Å². The summed E-state index contributed by atoms with van der Waals surface area (Å²) in [5.74, 6) is 0.883. The van der Waals surface area contributed by atoms with Crippen molar-refractivity contribution in [3.63, 3.8) is 0 Å². The SMILES string of the molecule is [C-]#[N+]c1ccc(-c2cc3n(c2)Cc2cc(N4C[C@@H](CN(C)C)N(C)C4=O)ccc2-n2ccnc2-3)cc1. The van der Waals surface area contributed by atoms with E-state index >= 15 is 0 Å². The number of carbonyl (C=O) groups excluding carboxylic acids is 1. The number of amides is 2. The number of imidazole rings is 1. The molecule has 1 atom stereocenters. The van der Waals surface area contributed by atoms with Crippen LogP contribution in [0.25, 0.3) is 33.2 Å². The molecule has 8 nitrogen and oxygen atoms in total. The van der Waals surface area contributed by atoms with Gasteiger partial charge < -0.3 is 14.4 Å². The summed E-state index contributed by atoms with van der Waals surface area (Å²) in [5.41, 5.74) is 6.92. The third kappa shape index (κ3) is 3.56. The monoisotopic (exact) mass is 477 g/mol. The van der Waals surface area contributed by atoms with E-state index in [1.54, 1.807) is 0 Å². The quantitative estimate of drug-likeness (QED) is 0.352. The van der Waals surface area contributed by atoms with Crippen LogP contribution < -0.4 is 4.90 Å². The summed E-state index contributed by atoms with van der Waals surface area (Å²) in [4.78, 5) is 27.1. The summed E-state index contributed by atoms with van der Waals surface area (Å²) >= 11 is 0. The lowest BCUT2D eigenvalue weighted by atomic mass is 10.1. The lowest BCUT2D eigenvalue weighted by Gasteiger charge is -2.21. The Labute approximate surface area is 210 Å². The summed E-state index contributed by atoms with van der Waals surface area (Å²) in [6.45, 7) is 9.37. The van der Waals surface area contributed by atoms with Crippen LogP contribution in [-0.2, 0) is 6.54 Å². The number of nitrogens with zero attached hydrogens (tertiary/aromatic N) is 7. The average molecular weight is 478 g/mol. The summed E-state index contributed by atoms with van der Waals surface area (Å²) in [5, 5.41) is 0. The number of likely N-dealkylation sites (N-methyl/N-ethyl adjacent to an activating group) is 2. The molecule has 2 amide bonds. The van der Waals surface area contributed by atoms with Gasteiger partial charge in [0.25, 0.3) is 0 Å². The van der Waals surface area contributed by atoms with E-state index in [0.29, 0.717) is 18.8 Å². The van der Waals surface area contributed by atoms with Crippen LogP contribution in [0.5, 0.6) is 0 Å². The highest BCUT2D eigenvalue weighted by atomic mass is 16.2. The predicted molar refractivity (Wildman–Crippen MR) is 141 cm³/mol. The Kier molecular flexibility index (Phi) is 5.16. The van der Waals surface area contributed by atoms with Crippen LogP contribution in [0, 0.1) is 6.57 Å². The molecule has 0 saturated carbocycles. The second-order valence-corrected chi connectivity index (χ2v) is 9.75. The number of hydrogen-bond donors (Lipinski definition) is 0. The summed E-state index contributed by atoms with van der Waals surface area (Å²) in [7, 11) is 5.96. The van der Waals surface area contributed by atoms with E-state index in [9.17, 15) is 4.79 Å². The molecule has 2 aromatic heterocycles. The molecule has 36 heavy (non-hydrogen) atoms. The minimum Gasteiger partial charge on any atom is -0.340 e. The number of hydrogen-bond acceptors (Lipinski definition) is 3. The van der Waals surface area contributed by atoms with Crippen molar-refractivity contribution in [2.75, 3.05) is 39.1 Å². The molecule has 2 aliphatic heterocycles. The molecular formula is C28H27N7O. The molecule has 8 heteroatoms. The number of benzene rings is 2. The van der Waals surface area contributed by atoms with Crippen molar-refractivity contribution in [2.45, 2.75) is 12.6 Å². The Hall–Kier alpha value is -4.35. The first-order valence-corrected chi connectivity index (χ1v) is 12.0. The summed E-state index contributed by atoms with van der Waals surface area (Å²) in [6.07, 6.45) is 5.96. The van der Waals surface area contributed by atoms with Gasteiger partial charge in [-0.3, -0.25) is 9.47 Å². The minimum absolute atomic E-state index is 0.0329. The van der Waals surface area contributed by atoms with Crippen molar-refractivity contribution in [2.24, 2.45) is 0 Å². The van der Waals surface area contributed by atoms with Crippen LogP contribution in [0.3, 0.4) is 0 Å². The second kappa shape index (κ2) is 8.40. The molecule has 0 bridgehead atoms. The Morgan fingerprint density at radius 3 is 2.67 bits per heavy atom. The lowest BCUT2D eigenvalue weighted by molar-refractivity contribution is 0.208. The van der Waals surface area contributed by atoms with Gasteiger partial charge in [-0.15, -0.1) is 0 Å². The molecule has 4 heterocycles. The van der Waals surface area contributed by atoms with Gasteiger partial charge in [0.1, 0.15) is 0 Å². The first-order valence-electron chi connectivity index (χ1n) is 12.0. The van der Waals surface area contributed by atoms with Gasteiger partial charge in [0.05, 0.1) is 24.0 Å². The van der Waals surface area contributed by atoms with Crippen LogP contribution >= 0.6 is 0 Å². The third-order valence-electron chi connectivity index (χ3n) is 7.12. The smallest absolute Gasteiger partial charge is 0.324 e. The highest BCUT2D eigenvalue weighted by Gasteiger charge is 2.36. The molecule has 1 fully saturated rings. The van der Waals surface area contributed by atoms with E-state index in [0.717, 1.165) is 46.1 Å². The number of fused-ring (bicyclic) bond motifs is 5. The highest BCUT2D eigenvalue weighted by molar-refractivity contribution is 5.94. The normalized spacial score (nSPS) is 16.5. The molecule has 0 radical (unpaired) electrons. The van der Waals surface area contributed by atoms with Gasteiger partial charge >= 0.3 is 6.03 Å². The first-order chi connectivity index (χ1) is 17.4. The van der Waals surface area contributed by atoms with E-state index in [4.69, 9.17) is 6.57 Å². The molecule has 1 saturated heterocycles. The van der Waals surface area contributed by atoms with Crippen LogP contribution in [0.15, 0.2) is 67.1 Å². The van der Waals surface area contributed by atoms with Gasteiger partial charge in [-0.1, -0.05) is 24.3 Å². The number of carbonyl (C=O) groups is 1. The van der Waals surface area contributed by atoms with Crippen molar-refractivity contribution in [3.8, 4) is 28.3 Å². The van der Waals surface area contributed by atoms with E-state index in [1.165, 1.54) is 0 Å². The fraction of sp³-hybridized carbons (Fsp3) is 0.250.